The summed E-state index contributed by atoms with van der Waals surface area (Å²) in [6.07, 6.45) is 1.64. The number of methoxy groups -OCH3 is 2. The highest BCUT2D eigenvalue weighted by Crippen LogP contribution is 2.29. The molecule has 1 fully saturated rings. The van der Waals surface area contributed by atoms with Crippen LogP contribution in [0.3, 0.4) is 0 Å². The third-order valence-corrected chi connectivity index (χ3v) is 5.22. The predicted octanol–water partition coefficient (Wildman–Crippen LogP) is 1.08. The number of ether oxygens (including phenoxy) is 2. The van der Waals surface area contributed by atoms with Crippen molar-refractivity contribution in [3.63, 3.8) is 0 Å². The van der Waals surface area contributed by atoms with Gasteiger partial charge in [0.15, 0.2) is 11.5 Å². The van der Waals surface area contributed by atoms with Gasteiger partial charge in [-0.1, -0.05) is 0 Å². The second kappa shape index (κ2) is 6.64. The number of nitrogens with one attached hydrogen (secondary N) is 1. The summed E-state index contributed by atoms with van der Waals surface area (Å²) in [6.45, 7) is 1.80. The van der Waals surface area contributed by atoms with Crippen LogP contribution in [0.2, 0.25) is 0 Å². The van der Waals surface area contributed by atoms with Crippen molar-refractivity contribution in [2.45, 2.75) is 23.8 Å². The van der Waals surface area contributed by atoms with Crippen molar-refractivity contribution in [2.75, 3.05) is 34.4 Å². The molecule has 1 N–H and O–H groups in total. The first kappa shape index (κ1) is 16.1. The zero-order valence-electron chi connectivity index (χ0n) is 12.6. The minimum atomic E-state index is -3.54. The average molecular weight is 314 g/mol. The molecule has 1 aromatic carbocycles. The van der Waals surface area contributed by atoms with Gasteiger partial charge in [-0.05, 0) is 45.1 Å². The Kier molecular flexibility index (Phi) is 5.08. The molecule has 1 aromatic rings. The van der Waals surface area contributed by atoms with E-state index in [0.717, 1.165) is 25.9 Å². The van der Waals surface area contributed by atoms with Crippen LogP contribution in [0.4, 0.5) is 0 Å². The molecule has 1 heterocycles. The van der Waals surface area contributed by atoms with Crippen molar-refractivity contribution < 1.29 is 17.9 Å². The maximum absolute atomic E-state index is 12.4. The lowest BCUT2D eigenvalue weighted by Gasteiger charge is -2.29. The van der Waals surface area contributed by atoms with E-state index < -0.39 is 10.0 Å². The van der Waals surface area contributed by atoms with Crippen molar-refractivity contribution in [2.24, 2.45) is 0 Å². The molecule has 1 saturated heterocycles. The molecule has 1 aliphatic heterocycles. The van der Waals surface area contributed by atoms with Gasteiger partial charge in [0.05, 0.1) is 19.1 Å². The lowest BCUT2D eigenvalue weighted by atomic mass is 10.1. The number of nitrogens with zero attached hydrogens (tertiary/aromatic N) is 1. The number of likely N-dealkylation sites (tertiary alicyclic amines) is 1. The number of piperidine rings is 1. The number of sulfonamides is 1. The molecule has 6 nitrogen and oxygen atoms in total. The Morgan fingerprint density at radius 3 is 2.33 bits per heavy atom. The van der Waals surface area contributed by atoms with Gasteiger partial charge in [0.25, 0.3) is 0 Å². The molecule has 118 valence electrons. The van der Waals surface area contributed by atoms with E-state index in [2.05, 4.69) is 9.62 Å². The highest BCUT2D eigenvalue weighted by atomic mass is 32.2. The second-order valence-electron chi connectivity index (χ2n) is 5.22. The highest BCUT2D eigenvalue weighted by Gasteiger charge is 2.24. The fourth-order valence-electron chi connectivity index (χ4n) is 2.40. The van der Waals surface area contributed by atoms with Gasteiger partial charge in [-0.15, -0.1) is 0 Å². The number of hydrogen-bond acceptors (Lipinski definition) is 5. The zero-order chi connectivity index (χ0) is 15.5. The first-order valence-electron chi connectivity index (χ1n) is 6.89. The van der Waals surface area contributed by atoms with Gasteiger partial charge in [-0.3, -0.25) is 0 Å². The number of hydrogen-bond donors (Lipinski definition) is 1. The Morgan fingerprint density at radius 2 is 1.76 bits per heavy atom. The molecule has 0 aliphatic carbocycles. The summed E-state index contributed by atoms with van der Waals surface area (Å²) in [5.74, 6) is 0.916. The van der Waals surface area contributed by atoms with Crippen LogP contribution in [0, 0.1) is 0 Å². The first-order valence-corrected chi connectivity index (χ1v) is 8.37. The van der Waals surface area contributed by atoms with Gasteiger partial charge in [-0.2, -0.15) is 0 Å². The molecule has 0 bridgehead atoms. The fraction of sp³-hybridized carbons (Fsp3) is 0.571. The molecule has 21 heavy (non-hydrogen) atoms. The SMILES string of the molecule is COc1ccc(S(=O)(=O)NC2CCN(C)CC2)cc1OC. The Labute approximate surface area is 126 Å². The molecule has 0 aromatic heterocycles. The van der Waals surface area contributed by atoms with Crippen molar-refractivity contribution in [3.05, 3.63) is 18.2 Å². The molecule has 0 atom stereocenters. The maximum atomic E-state index is 12.4. The van der Waals surface area contributed by atoms with E-state index in [1.54, 1.807) is 6.07 Å². The summed E-state index contributed by atoms with van der Waals surface area (Å²) in [6, 6.07) is 4.59. The molecule has 0 amide bonds. The Hall–Kier alpha value is -1.31. The van der Waals surface area contributed by atoms with Crippen LogP contribution in [0.25, 0.3) is 0 Å². The Morgan fingerprint density at radius 1 is 1.14 bits per heavy atom. The summed E-state index contributed by atoms with van der Waals surface area (Å²) in [4.78, 5) is 2.39. The molecular formula is C14H22N2O4S. The van der Waals surface area contributed by atoms with E-state index in [4.69, 9.17) is 9.47 Å². The van der Waals surface area contributed by atoms with Gasteiger partial charge in [0.2, 0.25) is 10.0 Å². The second-order valence-corrected chi connectivity index (χ2v) is 6.93. The summed E-state index contributed by atoms with van der Waals surface area (Å²) in [5, 5.41) is 0. The molecule has 2 rings (SSSR count). The van der Waals surface area contributed by atoms with Gasteiger partial charge >= 0.3 is 0 Å². The molecule has 0 saturated carbocycles. The predicted molar refractivity (Wildman–Crippen MR) is 80.4 cm³/mol. The van der Waals surface area contributed by atoms with Crippen LogP contribution < -0.4 is 14.2 Å². The third kappa shape index (κ3) is 3.87. The molecule has 0 radical (unpaired) electrons. The van der Waals surface area contributed by atoms with Crippen LogP contribution >= 0.6 is 0 Å². The highest BCUT2D eigenvalue weighted by molar-refractivity contribution is 7.89. The molecule has 1 aliphatic rings. The topological polar surface area (TPSA) is 67.9 Å². The molecule has 0 unspecified atom stereocenters. The fourth-order valence-corrected chi connectivity index (χ4v) is 3.72. The average Bonchev–Trinajstić information content (AvgIpc) is 2.48. The van der Waals surface area contributed by atoms with E-state index >= 15 is 0 Å². The Balaban J connectivity index is 2.15. The van der Waals surface area contributed by atoms with E-state index in [9.17, 15) is 8.42 Å². The van der Waals surface area contributed by atoms with E-state index in [-0.39, 0.29) is 10.9 Å². The molecular weight excluding hydrogens is 292 g/mol. The summed E-state index contributed by atoms with van der Waals surface area (Å²) in [7, 11) is 1.50. The van der Waals surface area contributed by atoms with Gasteiger partial charge in [0, 0.05) is 12.1 Å². The number of rotatable bonds is 5. The van der Waals surface area contributed by atoms with Crippen LogP contribution in [0.5, 0.6) is 11.5 Å². The normalized spacial score (nSPS) is 17.7. The summed E-state index contributed by atoms with van der Waals surface area (Å²) in [5.41, 5.74) is 0. The van der Waals surface area contributed by atoms with Crippen molar-refractivity contribution >= 4 is 10.0 Å². The van der Waals surface area contributed by atoms with E-state index in [1.165, 1.54) is 26.4 Å². The van der Waals surface area contributed by atoms with Crippen molar-refractivity contribution in [3.8, 4) is 11.5 Å². The maximum Gasteiger partial charge on any atom is 0.240 e. The molecule has 0 spiro atoms. The minimum absolute atomic E-state index is 0.0145. The quantitative estimate of drug-likeness (QED) is 0.881. The molecule has 7 heteroatoms. The summed E-state index contributed by atoms with van der Waals surface area (Å²) >= 11 is 0. The van der Waals surface area contributed by atoms with Gasteiger partial charge in [0.1, 0.15) is 0 Å². The van der Waals surface area contributed by atoms with E-state index in [0.29, 0.717) is 11.5 Å². The van der Waals surface area contributed by atoms with Gasteiger partial charge < -0.3 is 14.4 Å². The smallest absolute Gasteiger partial charge is 0.240 e. The largest absolute Gasteiger partial charge is 0.493 e. The van der Waals surface area contributed by atoms with Gasteiger partial charge in [-0.25, -0.2) is 13.1 Å². The van der Waals surface area contributed by atoms with Crippen molar-refractivity contribution in [1.29, 1.82) is 0 Å². The standard InChI is InChI=1S/C14H22N2O4S/c1-16-8-6-11(7-9-16)15-21(17,18)12-4-5-13(19-2)14(10-12)20-3/h4-5,10-11,15H,6-9H2,1-3H3. The first-order chi connectivity index (χ1) is 9.96. The summed E-state index contributed by atoms with van der Waals surface area (Å²) < 4.78 is 37.9. The van der Waals surface area contributed by atoms with Crippen LogP contribution in [0.15, 0.2) is 23.1 Å². The monoisotopic (exact) mass is 314 g/mol. The lowest BCUT2D eigenvalue weighted by Crippen LogP contribution is -2.43. The van der Waals surface area contributed by atoms with Crippen LogP contribution in [0.1, 0.15) is 12.8 Å². The minimum Gasteiger partial charge on any atom is -0.493 e. The zero-order valence-corrected chi connectivity index (χ0v) is 13.4. The Bertz CT molecular complexity index is 581. The van der Waals surface area contributed by atoms with Crippen LogP contribution in [-0.4, -0.2) is 53.7 Å². The lowest BCUT2D eigenvalue weighted by molar-refractivity contribution is 0.248. The van der Waals surface area contributed by atoms with Crippen molar-refractivity contribution in [1.82, 2.24) is 9.62 Å². The third-order valence-electron chi connectivity index (χ3n) is 3.71. The van der Waals surface area contributed by atoms with Crippen LogP contribution in [-0.2, 0) is 10.0 Å². The number of benzene rings is 1. The van der Waals surface area contributed by atoms with E-state index in [1.807, 2.05) is 7.05 Å².